The summed E-state index contributed by atoms with van der Waals surface area (Å²) in [6.07, 6.45) is 0. The Kier molecular flexibility index (Phi) is 7.61. The average molecular weight is 448 g/mol. The maximum Gasteiger partial charge on any atom is 0.338 e. The normalized spacial score (nSPS) is 14.6. The number of hydrogen-bond donors (Lipinski definition) is 1. The number of nitrogens with one attached hydrogen (secondary N) is 1. The molecule has 1 N–H and O–H groups in total. The Morgan fingerprint density at radius 3 is 2.58 bits per heavy atom. The van der Waals surface area contributed by atoms with Gasteiger partial charge in [0.05, 0.1) is 36.0 Å². The van der Waals surface area contributed by atoms with Crippen LogP contribution in [0.1, 0.15) is 17.3 Å². The van der Waals surface area contributed by atoms with Gasteiger partial charge in [0, 0.05) is 13.1 Å². The number of benzene rings is 2. The summed E-state index contributed by atoms with van der Waals surface area (Å²) in [5.74, 6) is -0.837. The molecule has 166 valence electrons. The Bertz CT molecular complexity index is 1030. The number of carbonyl (C=O) groups excluding carboxylic acids is 2. The molecule has 1 saturated heterocycles. The first-order chi connectivity index (χ1) is 14.9. The number of para-hydroxylation sites is 2. The molecule has 3 rings (SSSR count). The lowest BCUT2D eigenvalue weighted by atomic mass is 10.2. The molecule has 1 heterocycles. The van der Waals surface area contributed by atoms with Crippen molar-refractivity contribution >= 4 is 27.6 Å². The van der Waals surface area contributed by atoms with Crippen LogP contribution in [0.25, 0.3) is 0 Å². The molecule has 0 saturated carbocycles. The first-order valence-corrected chi connectivity index (χ1v) is 11.2. The minimum absolute atomic E-state index is 0.0149. The van der Waals surface area contributed by atoms with Crippen LogP contribution in [0, 0.1) is 0 Å². The van der Waals surface area contributed by atoms with Crippen LogP contribution >= 0.6 is 0 Å². The Hall–Kier alpha value is -2.95. The van der Waals surface area contributed by atoms with Gasteiger partial charge in [0.25, 0.3) is 5.91 Å². The van der Waals surface area contributed by atoms with E-state index in [-0.39, 0.29) is 23.5 Å². The number of anilines is 1. The molecule has 0 spiro atoms. The molecule has 0 radical (unpaired) electrons. The largest absolute Gasteiger partial charge is 0.492 e. The van der Waals surface area contributed by atoms with Crippen molar-refractivity contribution in [3.8, 4) is 5.75 Å². The molecule has 0 bridgehead atoms. The molecule has 2 aromatic carbocycles. The lowest BCUT2D eigenvalue weighted by Crippen LogP contribution is -2.40. The fourth-order valence-electron chi connectivity index (χ4n) is 2.97. The molecule has 1 aliphatic heterocycles. The van der Waals surface area contributed by atoms with Gasteiger partial charge in [0.1, 0.15) is 5.75 Å². The molecule has 0 atom stereocenters. The zero-order chi connectivity index (χ0) is 22.3. The number of nitrogens with zero attached hydrogens (tertiary/aromatic N) is 1. The van der Waals surface area contributed by atoms with Crippen molar-refractivity contribution in [3.63, 3.8) is 0 Å². The van der Waals surface area contributed by atoms with E-state index in [1.54, 1.807) is 24.3 Å². The molecule has 2 aromatic rings. The molecule has 31 heavy (non-hydrogen) atoms. The van der Waals surface area contributed by atoms with E-state index in [9.17, 15) is 18.0 Å². The van der Waals surface area contributed by atoms with Gasteiger partial charge in [-0.05, 0) is 37.3 Å². The number of amides is 1. The fourth-order valence-corrected chi connectivity index (χ4v) is 4.43. The quantitative estimate of drug-likeness (QED) is 0.614. The number of carbonyl (C=O) groups is 2. The highest BCUT2D eigenvalue weighted by molar-refractivity contribution is 7.89. The van der Waals surface area contributed by atoms with Crippen LogP contribution in [0.5, 0.6) is 5.75 Å². The van der Waals surface area contributed by atoms with Crippen LogP contribution < -0.4 is 10.1 Å². The van der Waals surface area contributed by atoms with Crippen molar-refractivity contribution in [3.05, 3.63) is 54.1 Å². The van der Waals surface area contributed by atoms with Gasteiger partial charge in [0.2, 0.25) is 10.0 Å². The van der Waals surface area contributed by atoms with Gasteiger partial charge in [-0.15, -0.1) is 0 Å². The van der Waals surface area contributed by atoms with Gasteiger partial charge in [-0.1, -0.05) is 18.2 Å². The number of hydrogen-bond acceptors (Lipinski definition) is 7. The van der Waals surface area contributed by atoms with Crippen LogP contribution in [0.2, 0.25) is 0 Å². The smallest absolute Gasteiger partial charge is 0.338 e. The Labute approximate surface area is 181 Å². The predicted molar refractivity (Wildman–Crippen MR) is 113 cm³/mol. The van der Waals surface area contributed by atoms with Crippen molar-refractivity contribution < 1.29 is 32.2 Å². The summed E-state index contributed by atoms with van der Waals surface area (Å²) in [7, 11) is -3.75. The maximum atomic E-state index is 12.8. The second kappa shape index (κ2) is 10.4. The van der Waals surface area contributed by atoms with E-state index < -0.39 is 28.5 Å². The number of sulfonamides is 1. The predicted octanol–water partition coefficient (Wildman–Crippen LogP) is 1.90. The molecule has 0 aliphatic carbocycles. The van der Waals surface area contributed by atoms with Crippen molar-refractivity contribution in [2.45, 2.75) is 11.8 Å². The zero-order valence-electron chi connectivity index (χ0n) is 17.1. The SMILES string of the molecule is CCOc1ccccc1NC(=O)COC(=O)c1cccc(S(=O)(=O)N2CCOCC2)c1. The van der Waals surface area contributed by atoms with Crippen LogP contribution in [-0.4, -0.2) is 64.1 Å². The number of ether oxygens (including phenoxy) is 3. The topological polar surface area (TPSA) is 111 Å². The van der Waals surface area contributed by atoms with E-state index in [1.165, 1.54) is 28.6 Å². The second-order valence-corrected chi connectivity index (χ2v) is 8.54. The van der Waals surface area contributed by atoms with Crippen LogP contribution in [-0.2, 0) is 24.3 Å². The van der Waals surface area contributed by atoms with Gasteiger partial charge in [-0.3, -0.25) is 4.79 Å². The molecular weight excluding hydrogens is 424 g/mol. The average Bonchev–Trinajstić information content (AvgIpc) is 2.79. The molecule has 0 unspecified atom stereocenters. The van der Waals surface area contributed by atoms with Crippen molar-refractivity contribution in [1.82, 2.24) is 4.31 Å². The summed E-state index contributed by atoms with van der Waals surface area (Å²) in [6.45, 7) is 2.88. The monoisotopic (exact) mass is 448 g/mol. The zero-order valence-corrected chi connectivity index (χ0v) is 17.9. The number of morpholine rings is 1. The van der Waals surface area contributed by atoms with Gasteiger partial charge >= 0.3 is 5.97 Å². The highest BCUT2D eigenvalue weighted by Gasteiger charge is 2.27. The molecule has 1 amide bonds. The van der Waals surface area contributed by atoms with Crippen molar-refractivity contribution in [2.75, 3.05) is 44.8 Å². The van der Waals surface area contributed by atoms with Crippen LogP contribution in [0.4, 0.5) is 5.69 Å². The van der Waals surface area contributed by atoms with Gasteiger partial charge in [0.15, 0.2) is 6.61 Å². The van der Waals surface area contributed by atoms with Gasteiger partial charge in [-0.25, -0.2) is 13.2 Å². The second-order valence-electron chi connectivity index (χ2n) is 6.60. The minimum atomic E-state index is -3.75. The van der Waals surface area contributed by atoms with E-state index in [2.05, 4.69) is 5.32 Å². The molecular formula is C21H24N2O7S. The summed E-state index contributed by atoms with van der Waals surface area (Å²) in [6, 6.07) is 12.5. The third-order valence-corrected chi connectivity index (χ3v) is 6.37. The molecule has 1 aliphatic rings. The van der Waals surface area contributed by atoms with Crippen molar-refractivity contribution in [2.24, 2.45) is 0 Å². The third-order valence-electron chi connectivity index (χ3n) is 4.47. The molecule has 10 heteroatoms. The summed E-state index contributed by atoms with van der Waals surface area (Å²) >= 11 is 0. The van der Waals surface area contributed by atoms with E-state index in [0.717, 1.165) is 0 Å². The van der Waals surface area contributed by atoms with Crippen LogP contribution in [0.15, 0.2) is 53.4 Å². The molecule has 0 aromatic heterocycles. The van der Waals surface area contributed by atoms with E-state index in [4.69, 9.17) is 14.2 Å². The minimum Gasteiger partial charge on any atom is -0.492 e. The van der Waals surface area contributed by atoms with Gasteiger partial charge < -0.3 is 19.5 Å². The third kappa shape index (κ3) is 5.81. The first kappa shape index (κ1) is 22.7. The lowest BCUT2D eigenvalue weighted by Gasteiger charge is -2.26. The summed E-state index contributed by atoms with van der Waals surface area (Å²) in [5.41, 5.74) is 0.501. The van der Waals surface area contributed by atoms with E-state index >= 15 is 0 Å². The van der Waals surface area contributed by atoms with E-state index in [0.29, 0.717) is 31.3 Å². The highest BCUT2D eigenvalue weighted by Crippen LogP contribution is 2.23. The Morgan fingerprint density at radius 2 is 1.84 bits per heavy atom. The number of esters is 1. The Morgan fingerprint density at radius 1 is 1.10 bits per heavy atom. The molecule has 9 nitrogen and oxygen atoms in total. The highest BCUT2D eigenvalue weighted by atomic mass is 32.2. The summed E-state index contributed by atoms with van der Waals surface area (Å²) in [4.78, 5) is 24.5. The Balaban J connectivity index is 1.62. The lowest BCUT2D eigenvalue weighted by molar-refractivity contribution is -0.119. The standard InChI is InChI=1S/C21H24N2O7S/c1-2-29-19-9-4-3-8-18(19)22-20(24)15-30-21(25)16-6-5-7-17(14-16)31(26,27)23-10-12-28-13-11-23/h3-9,14H,2,10-13,15H2,1H3,(H,22,24). The first-order valence-electron chi connectivity index (χ1n) is 9.78. The summed E-state index contributed by atoms with van der Waals surface area (Å²) in [5, 5.41) is 2.63. The van der Waals surface area contributed by atoms with Gasteiger partial charge in [-0.2, -0.15) is 4.31 Å². The fraction of sp³-hybridized carbons (Fsp3) is 0.333. The summed E-state index contributed by atoms with van der Waals surface area (Å²) < 4.78 is 42.5. The number of rotatable bonds is 8. The molecule has 1 fully saturated rings. The van der Waals surface area contributed by atoms with Crippen molar-refractivity contribution in [1.29, 1.82) is 0 Å². The van der Waals surface area contributed by atoms with Crippen LogP contribution in [0.3, 0.4) is 0 Å². The van der Waals surface area contributed by atoms with E-state index in [1.807, 2.05) is 6.92 Å². The maximum absolute atomic E-state index is 12.8.